The van der Waals surface area contributed by atoms with Gasteiger partial charge in [-0.2, -0.15) is 0 Å². The number of hydrogen-bond acceptors (Lipinski definition) is 1. The van der Waals surface area contributed by atoms with E-state index in [1.165, 1.54) is 6.08 Å². The molecule has 0 amide bonds. The molecule has 15 heavy (non-hydrogen) atoms. The third kappa shape index (κ3) is 3.25. The van der Waals surface area contributed by atoms with Crippen LogP contribution >= 0.6 is 12.4 Å². The Labute approximate surface area is 92.2 Å². The maximum atomic E-state index is 12.7. The van der Waals surface area contributed by atoms with Crippen molar-refractivity contribution >= 4 is 12.4 Å². The summed E-state index contributed by atoms with van der Waals surface area (Å²) >= 11 is 0. The van der Waals surface area contributed by atoms with Crippen LogP contribution in [0.4, 0.5) is 13.2 Å². The van der Waals surface area contributed by atoms with Crippen LogP contribution in [-0.4, -0.2) is 0 Å². The highest BCUT2D eigenvalue weighted by molar-refractivity contribution is 5.85. The third-order valence-electron chi connectivity index (χ3n) is 1.85. The van der Waals surface area contributed by atoms with E-state index in [1.54, 1.807) is 0 Å². The number of benzene rings is 1. The first-order valence-corrected chi connectivity index (χ1v) is 4.07. The Kier molecular flexibility index (Phi) is 5.39. The van der Waals surface area contributed by atoms with Crippen molar-refractivity contribution < 1.29 is 13.2 Å². The SMILES string of the molecule is C=CC[C@H](N)c1cc(F)c(F)c(F)c1.Cl. The molecule has 1 nitrogen and oxygen atoms in total. The predicted octanol–water partition coefficient (Wildman–Crippen LogP) is 3.10. The summed E-state index contributed by atoms with van der Waals surface area (Å²) in [7, 11) is 0. The summed E-state index contributed by atoms with van der Waals surface area (Å²) in [4.78, 5) is 0. The minimum absolute atomic E-state index is 0. The van der Waals surface area contributed by atoms with E-state index in [2.05, 4.69) is 6.58 Å². The summed E-state index contributed by atoms with van der Waals surface area (Å²) in [6, 6.07) is 1.23. The molecule has 1 aromatic carbocycles. The molecule has 0 heterocycles. The zero-order chi connectivity index (χ0) is 10.7. The van der Waals surface area contributed by atoms with Gasteiger partial charge in [0, 0.05) is 6.04 Å². The second kappa shape index (κ2) is 5.78. The van der Waals surface area contributed by atoms with Crippen molar-refractivity contribution in [3.8, 4) is 0 Å². The van der Waals surface area contributed by atoms with Gasteiger partial charge in [-0.25, -0.2) is 13.2 Å². The Morgan fingerprint density at radius 3 is 2.13 bits per heavy atom. The highest BCUT2D eigenvalue weighted by Gasteiger charge is 2.13. The Balaban J connectivity index is 0.00000196. The third-order valence-corrected chi connectivity index (χ3v) is 1.85. The summed E-state index contributed by atoms with van der Waals surface area (Å²) in [5.74, 6) is -3.92. The van der Waals surface area contributed by atoms with Crippen LogP contribution in [0, 0.1) is 17.5 Å². The average molecular weight is 238 g/mol. The zero-order valence-corrected chi connectivity index (χ0v) is 8.66. The molecule has 0 spiro atoms. The van der Waals surface area contributed by atoms with Crippen LogP contribution in [0.1, 0.15) is 18.0 Å². The quantitative estimate of drug-likeness (QED) is 0.635. The summed E-state index contributed by atoms with van der Waals surface area (Å²) < 4.78 is 38.0. The molecule has 0 bridgehead atoms. The topological polar surface area (TPSA) is 26.0 Å². The van der Waals surface area contributed by atoms with Crippen LogP contribution in [0.25, 0.3) is 0 Å². The van der Waals surface area contributed by atoms with Gasteiger partial charge in [0.1, 0.15) is 0 Å². The summed E-state index contributed by atoms with van der Waals surface area (Å²) in [5, 5.41) is 0. The van der Waals surface area contributed by atoms with Crippen LogP contribution in [0.2, 0.25) is 0 Å². The van der Waals surface area contributed by atoms with E-state index in [1.807, 2.05) is 0 Å². The number of nitrogens with two attached hydrogens (primary N) is 1. The molecule has 0 aromatic heterocycles. The molecule has 5 heteroatoms. The maximum absolute atomic E-state index is 12.7. The van der Waals surface area contributed by atoms with Crippen LogP contribution in [0.15, 0.2) is 24.8 Å². The van der Waals surface area contributed by atoms with Crippen LogP contribution in [0.3, 0.4) is 0 Å². The van der Waals surface area contributed by atoms with Gasteiger partial charge in [0.05, 0.1) is 0 Å². The van der Waals surface area contributed by atoms with Crippen LogP contribution in [0.5, 0.6) is 0 Å². The van der Waals surface area contributed by atoms with Crippen molar-refractivity contribution in [2.75, 3.05) is 0 Å². The van der Waals surface area contributed by atoms with Gasteiger partial charge in [0.2, 0.25) is 0 Å². The number of rotatable bonds is 3. The van der Waals surface area contributed by atoms with Gasteiger partial charge in [-0.3, -0.25) is 0 Å². The Hall–Kier alpha value is -1.00. The van der Waals surface area contributed by atoms with Gasteiger partial charge >= 0.3 is 0 Å². The highest BCUT2D eigenvalue weighted by atomic mass is 35.5. The van der Waals surface area contributed by atoms with E-state index in [0.717, 1.165) is 12.1 Å². The summed E-state index contributed by atoms with van der Waals surface area (Å²) in [6.45, 7) is 3.45. The van der Waals surface area contributed by atoms with Crippen LogP contribution < -0.4 is 5.73 Å². The van der Waals surface area contributed by atoms with Gasteiger partial charge in [-0.1, -0.05) is 6.08 Å². The Morgan fingerprint density at radius 2 is 1.73 bits per heavy atom. The fourth-order valence-corrected chi connectivity index (χ4v) is 1.10. The molecular formula is C10H11ClF3N. The lowest BCUT2D eigenvalue weighted by Crippen LogP contribution is -2.10. The first-order chi connectivity index (χ1) is 6.56. The molecule has 1 atom stereocenters. The van der Waals surface area contributed by atoms with Crippen molar-refractivity contribution in [1.29, 1.82) is 0 Å². The lowest BCUT2D eigenvalue weighted by molar-refractivity contribution is 0.443. The second-order valence-electron chi connectivity index (χ2n) is 2.93. The average Bonchev–Trinajstić information content (AvgIpc) is 2.13. The molecule has 1 rings (SSSR count). The molecular weight excluding hydrogens is 227 g/mol. The molecule has 0 aliphatic rings. The summed E-state index contributed by atoms with van der Waals surface area (Å²) in [5.41, 5.74) is 5.79. The van der Waals surface area contributed by atoms with Gasteiger partial charge in [0.15, 0.2) is 17.5 Å². The van der Waals surface area contributed by atoms with Crippen molar-refractivity contribution in [2.24, 2.45) is 5.73 Å². The summed E-state index contributed by atoms with van der Waals surface area (Å²) in [6.07, 6.45) is 1.91. The van der Waals surface area contributed by atoms with E-state index in [4.69, 9.17) is 5.73 Å². The van der Waals surface area contributed by atoms with E-state index >= 15 is 0 Å². The first kappa shape index (κ1) is 14.0. The molecule has 0 saturated heterocycles. The van der Waals surface area contributed by atoms with E-state index in [-0.39, 0.29) is 18.0 Å². The molecule has 1 aromatic rings. The van der Waals surface area contributed by atoms with Gasteiger partial charge in [-0.15, -0.1) is 19.0 Å². The predicted molar refractivity (Wildman–Crippen MR) is 55.3 cm³/mol. The van der Waals surface area contributed by atoms with E-state index in [9.17, 15) is 13.2 Å². The van der Waals surface area contributed by atoms with Gasteiger partial charge in [-0.05, 0) is 24.1 Å². The van der Waals surface area contributed by atoms with Crippen molar-refractivity contribution in [1.82, 2.24) is 0 Å². The molecule has 0 unspecified atom stereocenters. The van der Waals surface area contributed by atoms with E-state index < -0.39 is 23.5 Å². The molecule has 0 fully saturated rings. The highest BCUT2D eigenvalue weighted by Crippen LogP contribution is 2.19. The fraction of sp³-hybridized carbons (Fsp3) is 0.200. The van der Waals surface area contributed by atoms with Gasteiger partial charge < -0.3 is 5.73 Å². The molecule has 0 aliphatic heterocycles. The van der Waals surface area contributed by atoms with Gasteiger partial charge in [0.25, 0.3) is 0 Å². The Bertz CT molecular complexity index is 332. The van der Waals surface area contributed by atoms with E-state index in [0.29, 0.717) is 6.42 Å². The lowest BCUT2D eigenvalue weighted by atomic mass is 10.0. The lowest BCUT2D eigenvalue weighted by Gasteiger charge is -2.09. The monoisotopic (exact) mass is 237 g/mol. The smallest absolute Gasteiger partial charge is 0.194 e. The number of hydrogen-bond donors (Lipinski definition) is 1. The first-order valence-electron chi connectivity index (χ1n) is 4.07. The van der Waals surface area contributed by atoms with Crippen molar-refractivity contribution in [3.05, 3.63) is 47.8 Å². The molecule has 84 valence electrons. The molecule has 2 N–H and O–H groups in total. The fourth-order valence-electron chi connectivity index (χ4n) is 1.10. The maximum Gasteiger partial charge on any atom is 0.194 e. The van der Waals surface area contributed by atoms with Crippen molar-refractivity contribution in [3.63, 3.8) is 0 Å². The van der Waals surface area contributed by atoms with Crippen LogP contribution in [-0.2, 0) is 0 Å². The normalized spacial score (nSPS) is 11.7. The minimum atomic E-state index is -1.47. The number of halogens is 4. The second-order valence-corrected chi connectivity index (χ2v) is 2.93. The standard InChI is InChI=1S/C10H10F3N.ClH/c1-2-3-9(14)6-4-7(11)10(13)8(12)5-6;/h2,4-5,9H,1,3,14H2;1H/t9-;/m0./s1. The molecule has 0 aliphatic carbocycles. The zero-order valence-electron chi connectivity index (χ0n) is 7.84. The molecule has 0 saturated carbocycles. The molecule has 0 radical (unpaired) electrons. The Morgan fingerprint density at radius 1 is 1.27 bits per heavy atom. The van der Waals surface area contributed by atoms with Crippen molar-refractivity contribution in [2.45, 2.75) is 12.5 Å². The minimum Gasteiger partial charge on any atom is -0.324 e. The largest absolute Gasteiger partial charge is 0.324 e.